The molecule has 10 heteroatoms. The molecule has 0 aliphatic carbocycles. The second kappa shape index (κ2) is 9.64. The van der Waals surface area contributed by atoms with Crippen LogP contribution >= 0.6 is 23.2 Å². The smallest absolute Gasteiger partial charge is 0.277 e. The van der Waals surface area contributed by atoms with Gasteiger partial charge in [0, 0.05) is 17.4 Å². The Morgan fingerprint density at radius 2 is 1.76 bits per heavy atom. The average molecular weight is 488 g/mol. The molecule has 2 aromatic heterocycles. The second-order valence-electron chi connectivity index (χ2n) is 7.49. The summed E-state index contributed by atoms with van der Waals surface area (Å²) in [6, 6.07) is 11.3. The fourth-order valence-electron chi connectivity index (χ4n) is 3.20. The lowest BCUT2D eigenvalue weighted by Crippen LogP contribution is -2.15. The first-order chi connectivity index (χ1) is 15.8. The van der Waals surface area contributed by atoms with Crippen LogP contribution in [-0.4, -0.2) is 25.5 Å². The van der Waals surface area contributed by atoms with Crippen molar-refractivity contribution in [3.05, 3.63) is 93.1 Å². The van der Waals surface area contributed by atoms with Gasteiger partial charge in [-0.1, -0.05) is 35.3 Å². The van der Waals surface area contributed by atoms with E-state index in [2.05, 4.69) is 15.5 Å². The molecule has 170 valence electrons. The molecular formula is C23H20Cl2FN5O2. The van der Waals surface area contributed by atoms with Crippen molar-refractivity contribution < 1.29 is 13.9 Å². The topological polar surface area (TPSA) is 74.0 Å². The predicted octanol–water partition coefficient (Wildman–Crippen LogP) is 5.48. The van der Waals surface area contributed by atoms with Crippen LogP contribution in [-0.2, 0) is 13.3 Å². The summed E-state index contributed by atoms with van der Waals surface area (Å²) < 4.78 is 21.9. The van der Waals surface area contributed by atoms with Gasteiger partial charge in [0.25, 0.3) is 5.91 Å². The second-order valence-corrected chi connectivity index (χ2v) is 8.27. The number of anilines is 1. The summed E-state index contributed by atoms with van der Waals surface area (Å²) in [6.45, 7) is 4.32. The maximum atomic E-state index is 13.1. The summed E-state index contributed by atoms with van der Waals surface area (Å²) in [4.78, 5) is 12.6. The van der Waals surface area contributed by atoms with E-state index in [9.17, 15) is 9.18 Å². The van der Waals surface area contributed by atoms with E-state index in [4.69, 9.17) is 27.9 Å². The molecule has 0 aliphatic heterocycles. The van der Waals surface area contributed by atoms with E-state index in [1.807, 2.05) is 26.0 Å². The summed E-state index contributed by atoms with van der Waals surface area (Å²) >= 11 is 12.4. The molecule has 0 saturated heterocycles. The Balaban J connectivity index is 1.37. The van der Waals surface area contributed by atoms with Gasteiger partial charge in [-0.3, -0.25) is 9.48 Å². The molecule has 1 N–H and O–H groups in total. The zero-order chi connectivity index (χ0) is 23.5. The van der Waals surface area contributed by atoms with E-state index >= 15 is 0 Å². The van der Waals surface area contributed by atoms with E-state index < -0.39 is 5.91 Å². The molecule has 0 fully saturated rings. The van der Waals surface area contributed by atoms with Crippen molar-refractivity contribution in [1.29, 1.82) is 0 Å². The van der Waals surface area contributed by atoms with Crippen molar-refractivity contribution in [2.75, 3.05) is 5.32 Å². The molecule has 33 heavy (non-hydrogen) atoms. The summed E-state index contributed by atoms with van der Waals surface area (Å²) in [5.41, 5.74) is 2.87. The summed E-state index contributed by atoms with van der Waals surface area (Å²) in [6.07, 6.45) is 3.22. The summed E-state index contributed by atoms with van der Waals surface area (Å²) in [5, 5.41) is 12.2. The fraction of sp³-hybridized carbons (Fsp3) is 0.174. The number of carbonyl (C=O) groups is 1. The van der Waals surface area contributed by atoms with Crippen molar-refractivity contribution in [3.8, 4) is 5.75 Å². The number of nitrogens with zero attached hydrogens (tertiary/aromatic N) is 4. The minimum atomic E-state index is -0.458. The molecule has 0 aliphatic rings. The Morgan fingerprint density at radius 3 is 2.45 bits per heavy atom. The van der Waals surface area contributed by atoms with Crippen LogP contribution < -0.4 is 10.1 Å². The number of hydrogen-bond donors (Lipinski definition) is 1. The first-order valence-electron chi connectivity index (χ1n) is 10.0. The Kier molecular flexibility index (Phi) is 6.67. The van der Waals surface area contributed by atoms with Crippen molar-refractivity contribution in [1.82, 2.24) is 19.6 Å². The highest BCUT2D eigenvalue weighted by Crippen LogP contribution is 2.26. The van der Waals surface area contributed by atoms with Gasteiger partial charge in [0.15, 0.2) is 18.2 Å². The number of halogens is 3. The molecule has 4 aromatic rings. The quantitative estimate of drug-likeness (QED) is 0.374. The molecule has 1 amide bonds. The third-order valence-electron chi connectivity index (χ3n) is 4.85. The van der Waals surface area contributed by atoms with Gasteiger partial charge in [-0.05, 0) is 60.9 Å². The first-order valence-corrected chi connectivity index (χ1v) is 10.8. The van der Waals surface area contributed by atoms with Gasteiger partial charge >= 0.3 is 0 Å². The lowest BCUT2D eigenvalue weighted by Gasteiger charge is -2.10. The SMILES string of the molecule is Cc1cc(OCn2ccc(C(=O)Nc3nn(Cc4ccc(F)cc4)cc3Cl)n2)cc(C)c1Cl. The molecule has 0 saturated carbocycles. The number of hydrogen-bond acceptors (Lipinski definition) is 4. The van der Waals surface area contributed by atoms with Crippen LogP contribution in [0.3, 0.4) is 0 Å². The van der Waals surface area contributed by atoms with Crippen molar-refractivity contribution in [2.24, 2.45) is 0 Å². The molecule has 2 heterocycles. The largest absolute Gasteiger partial charge is 0.471 e. The lowest BCUT2D eigenvalue weighted by atomic mass is 10.1. The third kappa shape index (κ3) is 5.53. The molecule has 0 spiro atoms. The van der Waals surface area contributed by atoms with E-state index in [0.29, 0.717) is 17.3 Å². The molecule has 0 unspecified atom stereocenters. The van der Waals surface area contributed by atoms with Gasteiger partial charge in [0.05, 0.1) is 6.54 Å². The standard InChI is InChI=1S/C23H20Cl2FN5O2/c1-14-9-18(10-15(2)21(14)25)33-13-30-8-7-20(28-30)23(32)27-22-19(24)12-31(29-22)11-16-3-5-17(26)6-4-16/h3-10,12H,11,13H2,1-2H3,(H,27,29,32). The number of benzene rings is 2. The maximum absolute atomic E-state index is 13.1. The predicted molar refractivity (Wildman–Crippen MR) is 124 cm³/mol. The van der Waals surface area contributed by atoms with Gasteiger partial charge in [0.1, 0.15) is 16.6 Å². The average Bonchev–Trinajstić information content (AvgIpc) is 3.39. The normalized spacial score (nSPS) is 10.9. The number of ether oxygens (including phenoxy) is 1. The van der Waals surface area contributed by atoms with Gasteiger partial charge in [0.2, 0.25) is 0 Å². The third-order valence-corrected chi connectivity index (χ3v) is 5.73. The van der Waals surface area contributed by atoms with Crippen molar-refractivity contribution in [2.45, 2.75) is 27.1 Å². The molecule has 7 nitrogen and oxygen atoms in total. The van der Waals surface area contributed by atoms with Crippen LogP contribution in [0.2, 0.25) is 10.0 Å². The molecule has 0 bridgehead atoms. The number of aryl methyl sites for hydroxylation is 2. The van der Waals surface area contributed by atoms with Gasteiger partial charge < -0.3 is 10.1 Å². The highest BCUT2D eigenvalue weighted by Gasteiger charge is 2.15. The summed E-state index contributed by atoms with van der Waals surface area (Å²) in [5.74, 6) is 0.102. The van der Waals surface area contributed by atoms with Crippen molar-refractivity contribution in [3.63, 3.8) is 0 Å². The molecule has 2 aromatic carbocycles. The minimum absolute atomic E-state index is 0.126. The van der Waals surface area contributed by atoms with Gasteiger partial charge in [-0.2, -0.15) is 10.2 Å². The molecule has 0 atom stereocenters. The fourth-order valence-corrected chi connectivity index (χ4v) is 3.50. The number of aromatic nitrogens is 4. The summed E-state index contributed by atoms with van der Waals surface area (Å²) in [7, 11) is 0. The van der Waals surface area contributed by atoms with Crippen LogP contribution in [0, 0.1) is 19.7 Å². The van der Waals surface area contributed by atoms with Crippen LogP contribution in [0.15, 0.2) is 54.9 Å². The first kappa shape index (κ1) is 22.8. The lowest BCUT2D eigenvalue weighted by molar-refractivity contribution is 0.101. The Morgan fingerprint density at radius 1 is 1.06 bits per heavy atom. The number of carbonyl (C=O) groups excluding carboxylic acids is 1. The molecule has 0 radical (unpaired) electrons. The van der Waals surface area contributed by atoms with Gasteiger partial charge in [-0.15, -0.1) is 0 Å². The molecular weight excluding hydrogens is 468 g/mol. The maximum Gasteiger partial charge on any atom is 0.277 e. The van der Waals surface area contributed by atoms with Crippen LogP contribution in [0.1, 0.15) is 27.2 Å². The van der Waals surface area contributed by atoms with Gasteiger partial charge in [-0.25, -0.2) is 9.07 Å². The number of amides is 1. The Bertz CT molecular complexity index is 1280. The Hall–Kier alpha value is -3.36. The monoisotopic (exact) mass is 487 g/mol. The van der Waals surface area contributed by atoms with Crippen molar-refractivity contribution >= 4 is 34.9 Å². The van der Waals surface area contributed by atoms with E-state index in [0.717, 1.165) is 16.7 Å². The van der Waals surface area contributed by atoms with E-state index in [1.54, 1.807) is 35.3 Å². The van der Waals surface area contributed by atoms with E-state index in [-0.39, 0.29) is 29.1 Å². The van der Waals surface area contributed by atoms with E-state index in [1.165, 1.54) is 16.8 Å². The van der Waals surface area contributed by atoms with Crippen LogP contribution in [0.5, 0.6) is 5.75 Å². The van der Waals surface area contributed by atoms with Crippen LogP contribution in [0.25, 0.3) is 0 Å². The Labute approximate surface area is 199 Å². The molecule has 4 rings (SSSR count). The highest BCUT2D eigenvalue weighted by atomic mass is 35.5. The highest BCUT2D eigenvalue weighted by molar-refractivity contribution is 6.33. The number of nitrogens with one attached hydrogen (secondary N) is 1. The van der Waals surface area contributed by atoms with Crippen LogP contribution in [0.4, 0.5) is 10.2 Å². The zero-order valence-corrected chi connectivity index (χ0v) is 19.4. The minimum Gasteiger partial charge on any atom is -0.471 e. The zero-order valence-electron chi connectivity index (χ0n) is 17.8. The number of rotatable bonds is 7.